The van der Waals surface area contributed by atoms with Gasteiger partial charge in [-0.15, -0.1) is 0 Å². The number of nitrogens with one attached hydrogen (secondary N) is 1. The van der Waals surface area contributed by atoms with Gasteiger partial charge in [-0.3, -0.25) is 4.79 Å². The van der Waals surface area contributed by atoms with Crippen molar-refractivity contribution in [1.82, 2.24) is 5.32 Å². The largest absolute Gasteiger partial charge is 0.493 e. The Balaban J connectivity index is 1.93. The maximum atomic E-state index is 12.3. The van der Waals surface area contributed by atoms with E-state index in [1.807, 2.05) is 25.1 Å². The summed E-state index contributed by atoms with van der Waals surface area (Å²) in [5, 5.41) is 3.07. The molecular weight excluding hydrogens is 314 g/mol. The fourth-order valence-corrected chi connectivity index (χ4v) is 2.72. The zero-order valence-electron chi connectivity index (χ0n) is 15.7. The highest BCUT2D eigenvalue weighted by atomic mass is 16.5. The van der Waals surface area contributed by atoms with E-state index in [0.717, 1.165) is 11.1 Å². The van der Waals surface area contributed by atoms with Gasteiger partial charge < -0.3 is 14.8 Å². The van der Waals surface area contributed by atoms with Gasteiger partial charge >= 0.3 is 0 Å². The minimum atomic E-state index is -0.00259. The Morgan fingerprint density at radius 3 is 2.36 bits per heavy atom. The summed E-state index contributed by atoms with van der Waals surface area (Å²) in [4.78, 5) is 12.3. The van der Waals surface area contributed by atoms with Gasteiger partial charge in [-0.1, -0.05) is 24.3 Å². The Bertz CT molecular complexity index is 740. The Morgan fingerprint density at radius 1 is 1.00 bits per heavy atom. The van der Waals surface area contributed by atoms with Crippen molar-refractivity contribution < 1.29 is 14.3 Å². The van der Waals surface area contributed by atoms with Crippen LogP contribution in [-0.4, -0.2) is 20.1 Å². The summed E-state index contributed by atoms with van der Waals surface area (Å²) in [5.74, 6) is 1.42. The van der Waals surface area contributed by atoms with Crippen molar-refractivity contribution in [3.05, 3.63) is 58.7 Å². The molecule has 1 amide bonds. The first-order chi connectivity index (χ1) is 11.9. The first-order valence-electron chi connectivity index (χ1n) is 8.52. The van der Waals surface area contributed by atoms with Gasteiger partial charge in [-0.2, -0.15) is 0 Å². The van der Waals surface area contributed by atoms with E-state index < -0.39 is 0 Å². The summed E-state index contributed by atoms with van der Waals surface area (Å²) < 4.78 is 10.5. The molecule has 0 aliphatic carbocycles. The third-order valence-corrected chi connectivity index (χ3v) is 4.50. The molecule has 0 heterocycles. The molecule has 0 aliphatic heterocycles. The van der Waals surface area contributed by atoms with Crippen LogP contribution in [0.15, 0.2) is 36.4 Å². The first-order valence-corrected chi connectivity index (χ1v) is 8.52. The third-order valence-electron chi connectivity index (χ3n) is 4.50. The quantitative estimate of drug-likeness (QED) is 0.824. The fourth-order valence-electron chi connectivity index (χ4n) is 2.72. The van der Waals surface area contributed by atoms with Crippen molar-refractivity contribution in [3.8, 4) is 11.5 Å². The van der Waals surface area contributed by atoms with Gasteiger partial charge in [-0.25, -0.2) is 0 Å². The Labute approximate surface area is 150 Å². The van der Waals surface area contributed by atoms with Crippen LogP contribution in [0.5, 0.6) is 11.5 Å². The number of amides is 1. The smallest absolute Gasteiger partial charge is 0.220 e. The number of aryl methyl sites for hydroxylation is 3. The van der Waals surface area contributed by atoms with Crippen molar-refractivity contribution in [2.45, 2.75) is 39.7 Å². The fraction of sp³-hybridized carbons (Fsp3) is 0.381. The van der Waals surface area contributed by atoms with Crippen molar-refractivity contribution >= 4 is 5.91 Å². The lowest BCUT2D eigenvalue weighted by Crippen LogP contribution is -2.26. The molecule has 1 unspecified atom stereocenters. The molecule has 0 saturated heterocycles. The average Bonchev–Trinajstić information content (AvgIpc) is 2.61. The molecule has 0 aliphatic rings. The molecule has 134 valence electrons. The van der Waals surface area contributed by atoms with Crippen LogP contribution >= 0.6 is 0 Å². The van der Waals surface area contributed by atoms with Crippen LogP contribution < -0.4 is 14.8 Å². The van der Waals surface area contributed by atoms with Crippen LogP contribution in [-0.2, 0) is 11.2 Å². The van der Waals surface area contributed by atoms with Crippen molar-refractivity contribution in [3.63, 3.8) is 0 Å². The molecule has 4 heteroatoms. The van der Waals surface area contributed by atoms with E-state index in [4.69, 9.17) is 9.47 Å². The molecule has 2 aromatic rings. The average molecular weight is 341 g/mol. The molecule has 0 spiro atoms. The van der Waals surface area contributed by atoms with Crippen molar-refractivity contribution in [2.75, 3.05) is 14.2 Å². The van der Waals surface area contributed by atoms with Crippen molar-refractivity contribution in [2.24, 2.45) is 0 Å². The number of carbonyl (C=O) groups is 1. The highest BCUT2D eigenvalue weighted by molar-refractivity contribution is 5.76. The van der Waals surface area contributed by atoms with Crippen LogP contribution in [0.1, 0.15) is 41.6 Å². The van der Waals surface area contributed by atoms with E-state index in [-0.39, 0.29) is 11.9 Å². The molecule has 2 aromatic carbocycles. The van der Waals surface area contributed by atoms with E-state index in [1.165, 1.54) is 11.1 Å². The summed E-state index contributed by atoms with van der Waals surface area (Å²) >= 11 is 0. The number of hydrogen-bond acceptors (Lipinski definition) is 3. The zero-order valence-corrected chi connectivity index (χ0v) is 15.7. The van der Waals surface area contributed by atoms with E-state index in [0.29, 0.717) is 24.3 Å². The number of rotatable bonds is 7. The predicted octanol–water partition coefficient (Wildman–Crippen LogP) is 4.13. The van der Waals surface area contributed by atoms with E-state index >= 15 is 0 Å². The molecule has 25 heavy (non-hydrogen) atoms. The standard InChI is InChI=1S/C21H27NO3/c1-14-6-9-18(12-15(14)2)16(3)22-21(23)11-8-17-7-10-19(24-4)20(13-17)25-5/h6-7,9-10,12-13,16H,8,11H2,1-5H3,(H,22,23). The highest BCUT2D eigenvalue weighted by Crippen LogP contribution is 2.28. The van der Waals surface area contributed by atoms with Crippen LogP contribution in [0.25, 0.3) is 0 Å². The molecule has 1 atom stereocenters. The lowest BCUT2D eigenvalue weighted by atomic mass is 10.0. The normalized spacial score (nSPS) is 11.7. The van der Waals surface area contributed by atoms with Crippen LogP contribution in [0, 0.1) is 13.8 Å². The molecule has 4 nitrogen and oxygen atoms in total. The molecule has 2 rings (SSSR count). The van der Waals surface area contributed by atoms with Gasteiger partial charge in [0, 0.05) is 6.42 Å². The molecule has 0 radical (unpaired) electrons. The number of methoxy groups -OCH3 is 2. The SMILES string of the molecule is COc1ccc(CCC(=O)NC(C)c2ccc(C)c(C)c2)cc1OC. The van der Waals surface area contributed by atoms with Gasteiger partial charge in [0.25, 0.3) is 0 Å². The zero-order chi connectivity index (χ0) is 18.4. The Morgan fingerprint density at radius 2 is 1.72 bits per heavy atom. The summed E-state index contributed by atoms with van der Waals surface area (Å²) in [6.07, 6.45) is 1.09. The second kappa shape index (κ2) is 8.56. The molecular formula is C21H27NO3. The van der Waals surface area contributed by atoms with Gasteiger partial charge in [0.2, 0.25) is 5.91 Å². The van der Waals surface area contributed by atoms with E-state index in [2.05, 4.69) is 37.4 Å². The number of carbonyl (C=O) groups excluding carboxylic acids is 1. The molecule has 0 aromatic heterocycles. The van der Waals surface area contributed by atoms with E-state index in [1.54, 1.807) is 14.2 Å². The second-order valence-electron chi connectivity index (χ2n) is 6.32. The minimum Gasteiger partial charge on any atom is -0.493 e. The van der Waals surface area contributed by atoms with Crippen LogP contribution in [0.3, 0.4) is 0 Å². The molecule has 0 bridgehead atoms. The van der Waals surface area contributed by atoms with Gasteiger partial charge in [0.15, 0.2) is 11.5 Å². The van der Waals surface area contributed by atoms with E-state index in [9.17, 15) is 4.79 Å². The summed E-state index contributed by atoms with van der Waals surface area (Å²) in [7, 11) is 3.22. The van der Waals surface area contributed by atoms with Gasteiger partial charge in [0.1, 0.15) is 0 Å². The number of benzene rings is 2. The maximum absolute atomic E-state index is 12.3. The topological polar surface area (TPSA) is 47.6 Å². The Hall–Kier alpha value is -2.49. The summed E-state index contributed by atoms with van der Waals surface area (Å²) in [6.45, 7) is 6.19. The Kier molecular flexibility index (Phi) is 6.45. The molecule has 0 fully saturated rings. The molecule has 0 saturated carbocycles. The predicted molar refractivity (Wildman–Crippen MR) is 100 cm³/mol. The van der Waals surface area contributed by atoms with Crippen LogP contribution in [0.2, 0.25) is 0 Å². The second-order valence-corrected chi connectivity index (χ2v) is 6.32. The first kappa shape index (κ1) is 18.8. The summed E-state index contributed by atoms with van der Waals surface area (Å²) in [5.41, 5.74) is 4.67. The number of hydrogen-bond donors (Lipinski definition) is 1. The lowest BCUT2D eigenvalue weighted by molar-refractivity contribution is -0.121. The minimum absolute atomic E-state index is 0.00259. The number of ether oxygens (including phenoxy) is 2. The van der Waals surface area contributed by atoms with Crippen molar-refractivity contribution in [1.29, 1.82) is 0 Å². The van der Waals surface area contributed by atoms with Gasteiger partial charge in [-0.05, 0) is 61.6 Å². The highest BCUT2D eigenvalue weighted by Gasteiger charge is 2.11. The summed E-state index contributed by atoms with van der Waals surface area (Å²) in [6, 6.07) is 12.0. The van der Waals surface area contributed by atoms with Crippen LogP contribution in [0.4, 0.5) is 0 Å². The molecule has 1 N–H and O–H groups in total. The third kappa shape index (κ3) is 4.99. The lowest BCUT2D eigenvalue weighted by Gasteiger charge is -2.16. The van der Waals surface area contributed by atoms with Gasteiger partial charge in [0.05, 0.1) is 20.3 Å². The monoisotopic (exact) mass is 341 g/mol. The maximum Gasteiger partial charge on any atom is 0.220 e.